The van der Waals surface area contributed by atoms with E-state index in [1.807, 2.05) is 23.1 Å². The molecule has 2 aromatic carbocycles. The average Bonchev–Trinajstić information content (AvgIpc) is 3.48. The van der Waals surface area contributed by atoms with E-state index in [0.29, 0.717) is 43.6 Å². The zero-order valence-corrected chi connectivity index (χ0v) is 19.0. The second kappa shape index (κ2) is 8.64. The van der Waals surface area contributed by atoms with Gasteiger partial charge in [0, 0.05) is 44.0 Å². The SMILES string of the molecule is O=C(c1ccccc1)N1CCC2(CC1)CCN(c1ccc(N3CCCC3)cc1C(F)(F)F)C2=O. The smallest absolute Gasteiger partial charge is 0.372 e. The van der Waals surface area contributed by atoms with E-state index < -0.39 is 17.2 Å². The lowest BCUT2D eigenvalue weighted by atomic mass is 9.77. The van der Waals surface area contributed by atoms with Crippen LogP contribution in [0.3, 0.4) is 0 Å². The van der Waals surface area contributed by atoms with E-state index in [4.69, 9.17) is 0 Å². The molecule has 180 valence electrons. The first-order chi connectivity index (χ1) is 16.3. The number of piperidine rings is 1. The Kier molecular flexibility index (Phi) is 5.78. The number of anilines is 2. The lowest BCUT2D eigenvalue weighted by Gasteiger charge is -2.38. The number of halogens is 3. The zero-order valence-electron chi connectivity index (χ0n) is 19.0. The third kappa shape index (κ3) is 4.03. The molecule has 3 saturated heterocycles. The number of rotatable bonds is 3. The van der Waals surface area contributed by atoms with Crippen LogP contribution in [-0.2, 0) is 11.0 Å². The summed E-state index contributed by atoms with van der Waals surface area (Å²) in [6, 6.07) is 13.4. The van der Waals surface area contributed by atoms with Gasteiger partial charge in [-0.1, -0.05) is 18.2 Å². The molecule has 3 fully saturated rings. The van der Waals surface area contributed by atoms with E-state index in [1.165, 1.54) is 17.0 Å². The van der Waals surface area contributed by atoms with Crippen molar-refractivity contribution in [2.24, 2.45) is 5.41 Å². The van der Waals surface area contributed by atoms with Gasteiger partial charge in [-0.2, -0.15) is 13.2 Å². The summed E-state index contributed by atoms with van der Waals surface area (Å²) in [6.07, 6.45) is -1.17. The van der Waals surface area contributed by atoms with Gasteiger partial charge in [0.25, 0.3) is 5.91 Å². The molecule has 34 heavy (non-hydrogen) atoms. The summed E-state index contributed by atoms with van der Waals surface area (Å²) >= 11 is 0. The molecule has 1 spiro atoms. The highest BCUT2D eigenvalue weighted by molar-refractivity contribution is 6.01. The first-order valence-corrected chi connectivity index (χ1v) is 11.9. The van der Waals surface area contributed by atoms with Crippen molar-refractivity contribution < 1.29 is 22.8 Å². The number of benzene rings is 2. The van der Waals surface area contributed by atoms with Crippen LogP contribution in [0.25, 0.3) is 0 Å². The Morgan fingerprint density at radius 1 is 0.853 bits per heavy atom. The molecule has 5 nitrogen and oxygen atoms in total. The second-order valence-corrected chi connectivity index (χ2v) is 9.54. The highest BCUT2D eigenvalue weighted by Crippen LogP contribution is 2.47. The van der Waals surface area contributed by atoms with Crippen LogP contribution in [-0.4, -0.2) is 49.4 Å². The molecule has 2 aromatic rings. The molecule has 2 amide bonds. The molecular formula is C26H28F3N3O2. The van der Waals surface area contributed by atoms with Crippen molar-refractivity contribution in [2.75, 3.05) is 42.5 Å². The fraction of sp³-hybridized carbons (Fsp3) is 0.462. The van der Waals surface area contributed by atoms with Crippen molar-refractivity contribution in [3.63, 3.8) is 0 Å². The van der Waals surface area contributed by atoms with Crippen LogP contribution in [0, 0.1) is 5.41 Å². The van der Waals surface area contributed by atoms with E-state index >= 15 is 0 Å². The van der Waals surface area contributed by atoms with Crippen molar-refractivity contribution in [1.29, 1.82) is 0 Å². The van der Waals surface area contributed by atoms with E-state index in [2.05, 4.69) is 0 Å². The standard InChI is InChI=1S/C26H28F3N3O2/c27-26(28,29)21-18-20(30-13-4-5-14-30)8-9-22(21)32-17-12-25(24(32)34)10-15-31(16-11-25)23(33)19-6-2-1-3-7-19/h1-3,6-9,18H,4-5,10-17H2. The molecule has 0 bridgehead atoms. The van der Waals surface area contributed by atoms with Gasteiger partial charge in [-0.25, -0.2) is 0 Å². The summed E-state index contributed by atoms with van der Waals surface area (Å²) in [4.78, 5) is 31.3. The number of nitrogens with zero attached hydrogens (tertiary/aromatic N) is 3. The molecule has 3 heterocycles. The summed E-state index contributed by atoms with van der Waals surface area (Å²) in [5, 5.41) is 0. The van der Waals surface area contributed by atoms with E-state index in [9.17, 15) is 22.8 Å². The molecule has 0 saturated carbocycles. The molecule has 8 heteroatoms. The molecule has 0 aromatic heterocycles. The lowest BCUT2D eigenvalue weighted by molar-refractivity contribution is -0.137. The largest absolute Gasteiger partial charge is 0.418 e. The summed E-state index contributed by atoms with van der Waals surface area (Å²) in [5.41, 5.74) is -0.350. The first-order valence-electron chi connectivity index (χ1n) is 11.9. The fourth-order valence-electron chi connectivity index (χ4n) is 5.57. The van der Waals surface area contributed by atoms with Crippen LogP contribution in [0.1, 0.15) is 48.0 Å². The summed E-state index contributed by atoms with van der Waals surface area (Å²) in [5.74, 6) is -0.326. The Hall–Kier alpha value is -3.03. The zero-order chi connectivity index (χ0) is 23.9. The van der Waals surface area contributed by atoms with Crippen molar-refractivity contribution in [2.45, 2.75) is 38.3 Å². The summed E-state index contributed by atoms with van der Waals surface area (Å²) in [6.45, 7) is 2.61. The maximum absolute atomic E-state index is 14.0. The van der Waals surface area contributed by atoms with Gasteiger partial charge in [0.05, 0.1) is 16.7 Å². The molecule has 3 aliphatic heterocycles. The molecule has 3 aliphatic rings. The molecule has 0 atom stereocenters. The Morgan fingerprint density at radius 2 is 1.50 bits per heavy atom. The van der Waals surface area contributed by atoms with Crippen LogP contribution in [0.2, 0.25) is 0 Å². The van der Waals surface area contributed by atoms with Crippen molar-refractivity contribution in [1.82, 2.24) is 4.90 Å². The molecule has 0 aliphatic carbocycles. The predicted molar refractivity (Wildman–Crippen MR) is 124 cm³/mol. The van der Waals surface area contributed by atoms with Crippen molar-refractivity contribution in [3.8, 4) is 0 Å². The molecule has 0 unspecified atom stereocenters. The van der Waals surface area contributed by atoms with E-state index in [0.717, 1.165) is 25.9 Å². The minimum atomic E-state index is -4.55. The van der Waals surface area contributed by atoms with Crippen LogP contribution in [0.4, 0.5) is 24.5 Å². The van der Waals surface area contributed by atoms with Crippen LogP contribution in [0.5, 0.6) is 0 Å². The van der Waals surface area contributed by atoms with E-state index in [-0.39, 0.29) is 24.0 Å². The normalized spacial score (nSPS) is 20.4. The maximum Gasteiger partial charge on any atom is 0.418 e. The Labute approximate surface area is 197 Å². The molecular weight excluding hydrogens is 443 g/mol. The van der Waals surface area contributed by atoms with Gasteiger partial charge >= 0.3 is 6.18 Å². The minimum absolute atomic E-state index is 0.0555. The first kappa shape index (κ1) is 22.7. The lowest BCUT2D eigenvalue weighted by Crippen LogP contribution is -2.46. The average molecular weight is 472 g/mol. The van der Waals surface area contributed by atoms with Gasteiger partial charge < -0.3 is 14.7 Å². The van der Waals surface area contributed by atoms with Crippen molar-refractivity contribution >= 4 is 23.2 Å². The van der Waals surface area contributed by atoms with Gasteiger partial charge in [-0.15, -0.1) is 0 Å². The second-order valence-electron chi connectivity index (χ2n) is 9.54. The number of hydrogen-bond acceptors (Lipinski definition) is 3. The fourth-order valence-corrected chi connectivity index (χ4v) is 5.57. The van der Waals surface area contributed by atoms with E-state index in [1.54, 1.807) is 23.1 Å². The van der Waals surface area contributed by atoms with Crippen LogP contribution < -0.4 is 9.80 Å². The summed E-state index contributed by atoms with van der Waals surface area (Å²) < 4.78 is 42.1. The Morgan fingerprint density at radius 3 is 2.15 bits per heavy atom. The maximum atomic E-state index is 14.0. The van der Waals surface area contributed by atoms with Crippen LogP contribution >= 0.6 is 0 Å². The molecule has 5 rings (SSSR count). The van der Waals surface area contributed by atoms with Gasteiger partial charge in [-0.3, -0.25) is 9.59 Å². The number of carbonyl (C=O) groups is 2. The summed E-state index contributed by atoms with van der Waals surface area (Å²) in [7, 11) is 0. The topological polar surface area (TPSA) is 43.9 Å². The Balaban J connectivity index is 1.34. The molecule has 0 radical (unpaired) electrons. The minimum Gasteiger partial charge on any atom is -0.372 e. The Bertz CT molecular complexity index is 1070. The third-order valence-electron chi connectivity index (χ3n) is 7.59. The third-order valence-corrected chi connectivity index (χ3v) is 7.59. The number of amides is 2. The van der Waals surface area contributed by atoms with Gasteiger partial charge in [0.2, 0.25) is 5.91 Å². The van der Waals surface area contributed by atoms with Gasteiger partial charge in [-0.05, 0) is 62.4 Å². The number of carbonyl (C=O) groups excluding carboxylic acids is 2. The molecule has 0 N–H and O–H groups in total. The van der Waals surface area contributed by atoms with Gasteiger partial charge in [0.1, 0.15) is 0 Å². The number of hydrogen-bond donors (Lipinski definition) is 0. The number of alkyl halides is 3. The quantitative estimate of drug-likeness (QED) is 0.635. The van der Waals surface area contributed by atoms with Crippen molar-refractivity contribution in [3.05, 3.63) is 59.7 Å². The highest BCUT2D eigenvalue weighted by Gasteiger charge is 2.50. The van der Waals surface area contributed by atoms with Crippen LogP contribution in [0.15, 0.2) is 48.5 Å². The number of likely N-dealkylation sites (tertiary alicyclic amines) is 1. The monoisotopic (exact) mass is 471 g/mol. The van der Waals surface area contributed by atoms with Gasteiger partial charge in [0.15, 0.2) is 0 Å². The predicted octanol–water partition coefficient (Wildman–Crippen LogP) is 4.96. The highest BCUT2D eigenvalue weighted by atomic mass is 19.4.